The number of rotatable bonds is 5. The van der Waals surface area contributed by atoms with Crippen LogP contribution in [0.3, 0.4) is 0 Å². The predicted molar refractivity (Wildman–Crippen MR) is 153 cm³/mol. The summed E-state index contributed by atoms with van der Waals surface area (Å²) in [7, 11) is 0. The highest BCUT2D eigenvalue weighted by Crippen LogP contribution is 2.30. The van der Waals surface area contributed by atoms with E-state index in [4.69, 9.17) is 15.3 Å². The number of ketones is 1. The maximum Gasteiger partial charge on any atom is 0.490 e. The molecule has 9 heteroatoms. The lowest BCUT2D eigenvalue weighted by molar-refractivity contribution is -0.192. The Morgan fingerprint density at radius 1 is 0.756 bits per heavy atom. The third-order valence-corrected chi connectivity index (χ3v) is 6.69. The van der Waals surface area contributed by atoms with Crippen molar-refractivity contribution in [3.05, 3.63) is 101 Å². The van der Waals surface area contributed by atoms with Crippen molar-refractivity contribution in [1.82, 2.24) is 9.13 Å². The number of hydrogen-bond donors (Lipinski definition) is 2. The van der Waals surface area contributed by atoms with Crippen molar-refractivity contribution < 1.29 is 27.9 Å². The Kier molecular flexibility index (Phi) is 9.01. The molecule has 41 heavy (non-hydrogen) atoms. The zero-order valence-electron chi connectivity index (χ0n) is 24.1. The van der Waals surface area contributed by atoms with E-state index in [1.807, 2.05) is 63.7 Å². The lowest BCUT2D eigenvalue weighted by Crippen LogP contribution is -2.28. The molecule has 218 valence electrons. The molecule has 4 rings (SSSR count). The first-order valence-electron chi connectivity index (χ1n) is 13.2. The molecule has 0 aliphatic carbocycles. The minimum atomic E-state index is -5.08. The number of halogens is 3. The number of aliphatic carboxylic acids is 1. The Bertz CT molecular complexity index is 1570. The van der Waals surface area contributed by atoms with Gasteiger partial charge in [-0.15, -0.1) is 0 Å². The lowest BCUT2D eigenvalue weighted by Gasteiger charge is -2.26. The fourth-order valence-electron chi connectivity index (χ4n) is 4.27. The molecule has 0 aliphatic rings. The quantitative estimate of drug-likeness (QED) is 0.253. The Morgan fingerprint density at radius 3 is 1.63 bits per heavy atom. The Morgan fingerprint density at radius 2 is 1.20 bits per heavy atom. The van der Waals surface area contributed by atoms with Gasteiger partial charge in [0.2, 0.25) is 5.62 Å². The second-order valence-corrected chi connectivity index (χ2v) is 12.0. The highest BCUT2D eigenvalue weighted by molar-refractivity contribution is 5.97. The standard InChI is InChI=1S/C30H35N3O.C2HF3O2/c1-29(2,3)23-16-22(17-24(18-23)30(4,5)6)27(34)20-33-26-15-11-10-14-25(26)32(28(33)31)19-21-12-8-7-9-13-21;3-2(4,5)1(6)7/h7-18,31H,19-20H2,1-6H3;(H,6,7). The van der Waals surface area contributed by atoms with Crippen molar-refractivity contribution in [2.75, 3.05) is 0 Å². The zero-order valence-corrected chi connectivity index (χ0v) is 24.1. The first-order chi connectivity index (χ1) is 18.9. The van der Waals surface area contributed by atoms with Crippen LogP contribution < -0.4 is 5.62 Å². The number of hydrogen-bond acceptors (Lipinski definition) is 3. The SMILES string of the molecule is CC(C)(C)c1cc(C(=O)Cn2c(=N)n(Cc3ccccc3)c3ccccc32)cc(C(C)(C)C)c1.O=C(O)C(F)(F)F. The smallest absolute Gasteiger partial charge is 0.475 e. The van der Waals surface area contributed by atoms with Crippen LogP contribution in [0, 0.1) is 5.41 Å². The Labute approximate surface area is 237 Å². The summed E-state index contributed by atoms with van der Waals surface area (Å²) in [6.07, 6.45) is -5.08. The fraction of sp³-hybridized carbons (Fsp3) is 0.344. The van der Waals surface area contributed by atoms with E-state index in [9.17, 15) is 18.0 Å². The first kappa shape index (κ1) is 31.4. The third kappa shape index (κ3) is 7.74. The van der Waals surface area contributed by atoms with Gasteiger partial charge in [0.15, 0.2) is 5.78 Å². The topological polar surface area (TPSA) is 88.1 Å². The van der Waals surface area contributed by atoms with E-state index in [2.05, 4.69) is 59.7 Å². The number of carbonyl (C=O) groups excluding carboxylic acids is 1. The minimum Gasteiger partial charge on any atom is -0.475 e. The molecule has 0 radical (unpaired) electrons. The maximum atomic E-state index is 13.6. The average molecular weight is 568 g/mol. The van der Waals surface area contributed by atoms with Crippen LogP contribution in [0.1, 0.15) is 68.6 Å². The highest BCUT2D eigenvalue weighted by atomic mass is 19.4. The van der Waals surface area contributed by atoms with E-state index >= 15 is 0 Å². The number of imidazole rings is 1. The van der Waals surface area contributed by atoms with Crippen molar-refractivity contribution in [2.24, 2.45) is 0 Å². The van der Waals surface area contributed by atoms with Gasteiger partial charge in [0.1, 0.15) is 0 Å². The number of para-hydroxylation sites is 2. The molecular weight excluding hydrogens is 531 g/mol. The molecule has 0 bridgehead atoms. The number of nitrogens with zero attached hydrogens (tertiary/aromatic N) is 2. The molecule has 0 saturated heterocycles. The molecule has 0 atom stereocenters. The summed E-state index contributed by atoms with van der Waals surface area (Å²) < 4.78 is 35.5. The molecule has 2 N–H and O–H groups in total. The monoisotopic (exact) mass is 567 g/mol. The van der Waals surface area contributed by atoms with Crippen molar-refractivity contribution >= 4 is 22.8 Å². The van der Waals surface area contributed by atoms with Crippen LogP contribution in [0.5, 0.6) is 0 Å². The lowest BCUT2D eigenvalue weighted by atomic mass is 9.79. The van der Waals surface area contributed by atoms with Gasteiger partial charge in [0.05, 0.1) is 24.1 Å². The van der Waals surface area contributed by atoms with Gasteiger partial charge in [-0.1, -0.05) is 90.1 Å². The molecule has 3 aromatic carbocycles. The van der Waals surface area contributed by atoms with E-state index in [1.165, 1.54) is 0 Å². The van der Waals surface area contributed by atoms with Gasteiger partial charge in [-0.05, 0) is 51.8 Å². The van der Waals surface area contributed by atoms with Gasteiger partial charge < -0.3 is 14.2 Å². The third-order valence-electron chi connectivity index (χ3n) is 6.69. The molecule has 0 unspecified atom stereocenters. The number of alkyl halides is 3. The van der Waals surface area contributed by atoms with Crippen LogP contribution in [0.15, 0.2) is 72.8 Å². The summed E-state index contributed by atoms with van der Waals surface area (Å²) in [6.45, 7) is 13.8. The van der Waals surface area contributed by atoms with Gasteiger partial charge in [-0.2, -0.15) is 13.2 Å². The predicted octanol–water partition coefficient (Wildman–Crippen LogP) is 7.08. The summed E-state index contributed by atoms with van der Waals surface area (Å²) in [4.78, 5) is 22.5. The van der Waals surface area contributed by atoms with Crippen LogP contribution in [0.2, 0.25) is 0 Å². The largest absolute Gasteiger partial charge is 0.490 e. The van der Waals surface area contributed by atoms with E-state index in [0.29, 0.717) is 17.7 Å². The summed E-state index contributed by atoms with van der Waals surface area (Å²) in [5, 5.41) is 16.1. The first-order valence-corrected chi connectivity index (χ1v) is 13.2. The van der Waals surface area contributed by atoms with E-state index in [1.54, 1.807) is 0 Å². The fourth-order valence-corrected chi connectivity index (χ4v) is 4.27. The molecule has 0 saturated carbocycles. The van der Waals surface area contributed by atoms with Crippen molar-refractivity contribution in [2.45, 2.75) is 71.6 Å². The van der Waals surface area contributed by atoms with E-state index in [0.717, 1.165) is 27.7 Å². The number of nitrogens with one attached hydrogen (secondary N) is 1. The molecule has 0 amide bonds. The molecule has 0 fully saturated rings. The minimum absolute atomic E-state index is 0.0257. The van der Waals surface area contributed by atoms with Gasteiger partial charge in [0.25, 0.3) is 0 Å². The second kappa shape index (κ2) is 11.8. The van der Waals surface area contributed by atoms with E-state index < -0.39 is 12.1 Å². The van der Waals surface area contributed by atoms with Crippen molar-refractivity contribution in [1.29, 1.82) is 5.41 Å². The van der Waals surface area contributed by atoms with Crippen LogP contribution in [0.4, 0.5) is 13.2 Å². The van der Waals surface area contributed by atoms with Crippen molar-refractivity contribution in [3.8, 4) is 0 Å². The van der Waals surface area contributed by atoms with Crippen LogP contribution in [0.25, 0.3) is 11.0 Å². The maximum absolute atomic E-state index is 13.6. The van der Waals surface area contributed by atoms with Crippen LogP contribution >= 0.6 is 0 Å². The summed E-state index contributed by atoms with van der Waals surface area (Å²) in [6, 6.07) is 24.4. The van der Waals surface area contributed by atoms with Gasteiger partial charge in [-0.25, -0.2) is 4.79 Å². The zero-order chi connectivity index (χ0) is 30.8. The molecule has 0 aliphatic heterocycles. The Balaban J connectivity index is 0.000000587. The van der Waals surface area contributed by atoms with Gasteiger partial charge in [0, 0.05) is 5.56 Å². The normalized spacial score (nSPS) is 12.1. The summed E-state index contributed by atoms with van der Waals surface area (Å²) in [5.74, 6) is -2.73. The molecule has 1 heterocycles. The highest BCUT2D eigenvalue weighted by Gasteiger charge is 2.38. The molecule has 4 aromatic rings. The number of fused-ring (bicyclic) bond motifs is 1. The number of Topliss-reactive ketones (excluding diaryl/α,β-unsaturated/α-hetero) is 1. The molecule has 0 spiro atoms. The average Bonchev–Trinajstić information content (AvgIpc) is 3.14. The summed E-state index contributed by atoms with van der Waals surface area (Å²) in [5.41, 5.74) is 6.24. The number of benzene rings is 3. The number of carboxylic acid groups (broad SMARTS) is 1. The van der Waals surface area contributed by atoms with Crippen LogP contribution in [-0.4, -0.2) is 32.2 Å². The summed E-state index contributed by atoms with van der Waals surface area (Å²) >= 11 is 0. The second-order valence-electron chi connectivity index (χ2n) is 12.0. The van der Waals surface area contributed by atoms with Crippen LogP contribution in [-0.2, 0) is 28.7 Å². The Hall–Kier alpha value is -4.14. The number of carboxylic acids is 1. The number of aromatic nitrogens is 2. The van der Waals surface area contributed by atoms with E-state index in [-0.39, 0.29) is 23.2 Å². The van der Waals surface area contributed by atoms with Crippen molar-refractivity contribution in [3.63, 3.8) is 0 Å². The molecule has 6 nitrogen and oxygen atoms in total. The number of carbonyl (C=O) groups is 2. The van der Waals surface area contributed by atoms with Gasteiger partial charge >= 0.3 is 12.1 Å². The van der Waals surface area contributed by atoms with Gasteiger partial charge in [-0.3, -0.25) is 10.2 Å². The molecule has 1 aromatic heterocycles. The molecular formula is C32H36F3N3O3.